The Hall–Kier alpha value is -1.00. The van der Waals surface area contributed by atoms with Gasteiger partial charge in [-0.3, -0.25) is 0 Å². The van der Waals surface area contributed by atoms with Gasteiger partial charge >= 0.3 is 10.4 Å². The molecule has 130 valence electrons. The third-order valence-electron chi connectivity index (χ3n) is 2.36. The predicted molar refractivity (Wildman–Crippen MR) is 80.0 cm³/mol. The lowest BCUT2D eigenvalue weighted by Gasteiger charge is -2.02. The minimum absolute atomic E-state index is 0.00989. The van der Waals surface area contributed by atoms with E-state index < -0.39 is 10.4 Å². The third kappa shape index (κ3) is 11.6. The second-order valence-corrected chi connectivity index (χ2v) is 5.56. The van der Waals surface area contributed by atoms with Crippen LogP contribution in [0.15, 0.2) is 18.7 Å². The van der Waals surface area contributed by atoms with Crippen LogP contribution in [0.3, 0.4) is 0 Å². The van der Waals surface area contributed by atoms with Gasteiger partial charge in [-0.15, -0.1) is 0 Å². The highest BCUT2D eigenvalue weighted by Gasteiger charge is 2.11. The van der Waals surface area contributed by atoms with Crippen molar-refractivity contribution in [3.8, 4) is 0 Å². The van der Waals surface area contributed by atoms with Crippen molar-refractivity contribution in [2.24, 2.45) is 7.05 Å². The second-order valence-electron chi connectivity index (χ2n) is 4.37. The first-order valence-corrected chi connectivity index (χ1v) is 8.48. The number of rotatable bonds is 10. The Bertz CT molecular complexity index is 475. The highest BCUT2D eigenvalue weighted by atomic mass is 32.3. The summed E-state index contributed by atoms with van der Waals surface area (Å²) in [4.78, 5) is 4.25. The molecule has 22 heavy (non-hydrogen) atoms. The molecule has 0 N–H and O–H groups in total. The van der Waals surface area contributed by atoms with Crippen LogP contribution in [0.2, 0.25) is 0 Å². The van der Waals surface area contributed by atoms with Gasteiger partial charge < -0.3 is 4.74 Å². The molecule has 0 spiro atoms. The maximum Gasteiger partial charge on any atom is 0.426 e. The summed E-state index contributed by atoms with van der Waals surface area (Å²) >= 11 is 0. The molecule has 0 saturated heterocycles. The fraction of sp³-hybridized carbons (Fsp3) is 0.769. The van der Waals surface area contributed by atoms with E-state index in [-0.39, 0.29) is 19.8 Å². The fourth-order valence-corrected chi connectivity index (χ4v) is 1.86. The number of imidazole rings is 1. The van der Waals surface area contributed by atoms with Crippen LogP contribution < -0.4 is 4.57 Å². The van der Waals surface area contributed by atoms with E-state index in [0.717, 1.165) is 6.54 Å². The van der Waals surface area contributed by atoms with E-state index in [1.807, 2.05) is 7.05 Å². The molecule has 0 amide bonds. The first-order chi connectivity index (χ1) is 10.4. The molecule has 0 radical (unpaired) electrons. The van der Waals surface area contributed by atoms with Crippen LogP contribution in [0.25, 0.3) is 0 Å². The molecule has 8 nitrogen and oxygen atoms in total. The Kier molecular flexibility index (Phi) is 12.0. The van der Waals surface area contributed by atoms with Gasteiger partial charge in [-0.25, -0.2) is 18.2 Å². The SMILES string of the molecule is CCCCn1cc[n+](C)c1.CCOS(=O)(=O)OOCCOC. The van der Waals surface area contributed by atoms with Gasteiger partial charge in [0, 0.05) is 7.11 Å². The van der Waals surface area contributed by atoms with Crippen molar-refractivity contribution in [3.63, 3.8) is 0 Å². The Morgan fingerprint density at radius 1 is 1.23 bits per heavy atom. The molecule has 1 aromatic heterocycles. The molecule has 0 bridgehead atoms. The number of aryl methyl sites for hydroxylation is 2. The van der Waals surface area contributed by atoms with Gasteiger partial charge in [-0.1, -0.05) is 17.7 Å². The quantitative estimate of drug-likeness (QED) is 0.274. The molecule has 0 aliphatic carbocycles. The minimum Gasteiger partial charge on any atom is -0.382 e. The Morgan fingerprint density at radius 3 is 2.45 bits per heavy atom. The van der Waals surface area contributed by atoms with Crippen LogP contribution in [-0.2, 0) is 42.1 Å². The Labute approximate surface area is 132 Å². The number of aromatic nitrogens is 2. The molecule has 0 aliphatic rings. The second kappa shape index (κ2) is 12.5. The average Bonchev–Trinajstić information content (AvgIpc) is 2.88. The van der Waals surface area contributed by atoms with Crippen molar-refractivity contribution in [1.82, 2.24) is 4.57 Å². The van der Waals surface area contributed by atoms with E-state index >= 15 is 0 Å². The normalized spacial score (nSPS) is 11.1. The third-order valence-corrected chi connectivity index (χ3v) is 3.15. The molecular weight excluding hydrogens is 312 g/mol. The minimum atomic E-state index is -3.99. The topological polar surface area (TPSA) is 79.9 Å². The van der Waals surface area contributed by atoms with Crippen molar-refractivity contribution in [2.75, 3.05) is 26.9 Å². The van der Waals surface area contributed by atoms with Crippen LogP contribution in [-0.4, -0.2) is 39.9 Å². The fourth-order valence-electron chi connectivity index (χ4n) is 1.35. The first-order valence-electron chi connectivity index (χ1n) is 7.15. The van der Waals surface area contributed by atoms with E-state index in [9.17, 15) is 8.42 Å². The van der Waals surface area contributed by atoms with Crippen molar-refractivity contribution < 1.29 is 31.1 Å². The number of hydrogen-bond acceptors (Lipinski definition) is 6. The van der Waals surface area contributed by atoms with Crippen molar-refractivity contribution >= 4 is 10.4 Å². The van der Waals surface area contributed by atoms with Gasteiger partial charge in [0.25, 0.3) is 0 Å². The van der Waals surface area contributed by atoms with Gasteiger partial charge in [-0.2, -0.15) is 8.42 Å². The molecule has 1 aromatic rings. The molecule has 0 unspecified atom stereocenters. The van der Waals surface area contributed by atoms with E-state index in [1.54, 1.807) is 0 Å². The molecule has 1 heterocycles. The number of hydrogen-bond donors (Lipinski definition) is 0. The lowest BCUT2D eigenvalue weighted by atomic mass is 10.3. The van der Waals surface area contributed by atoms with Gasteiger partial charge in [0.05, 0.1) is 26.8 Å². The summed E-state index contributed by atoms with van der Waals surface area (Å²) in [6, 6.07) is 0. The van der Waals surface area contributed by atoms with Gasteiger partial charge in [0.1, 0.15) is 19.0 Å². The largest absolute Gasteiger partial charge is 0.426 e. The first kappa shape index (κ1) is 21.0. The summed E-state index contributed by atoms with van der Waals surface area (Å²) in [6.07, 6.45) is 8.82. The molecule has 0 saturated carbocycles. The highest BCUT2D eigenvalue weighted by Crippen LogP contribution is 1.95. The van der Waals surface area contributed by atoms with Crippen LogP contribution in [0, 0.1) is 0 Å². The molecule has 0 aromatic carbocycles. The average molecular weight is 339 g/mol. The van der Waals surface area contributed by atoms with Crippen LogP contribution in [0.1, 0.15) is 26.7 Å². The van der Waals surface area contributed by atoms with Gasteiger partial charge in [0.2, 0.25) is 6.33 Å². The summed E-state index contributed by atoms with van der Waals surface area (Å²) in [5.74, 6) is 0. The molecular formula is C13H27N2O6S+. The van der Waals surface area contributed by atoms with Crippen LogP contribution >= 0.6 is 0 Å². The number of nitrogens with zero attached hydrogens (tertiary/aromatic N) is 2. The standard InChI is InChI=1S/C8H15N2.C5H12O6S/c1-3-4-5-10-7-6-9(2)8-10;1-3-10-12(6,7)11-9-5-4-8-2/h6-8H,3-5H2,1-2H3;3-5H2,1-2H3/q+1;. The zero-order chi connectivity index (χ0) is 16.8. The maximum atomic E-state index is 10.6. The highest BCUT2D eigenvalue weighted by molar-refractivity contribution is 7.81. The Balaban J connectivity index is 0.000000406. The Morgan fingerprint density at radius 2 is 1.95 bits per heavy atom. The van der Waals surface area contributed by atoms with Gasteiger partial charge in [-0.05, 0) is 13.3 Å². The van der Waals surface area contributed by atoms with Crippen molar-refractivity contribution in [1.29, 1.82) is 0 Å². The summed E-state index contributed by atoms with van der Waals surface area (Å²) in [5, 5.41) is 0. The summed E-state index contributed by atoms with van der Waals surface area (Å²) in [5.41, 5.74) is 0. The zero-order valence-corrected chi connectivity index (χ0v) is 14.5. The molecule has 0 fully saturated rings. The molecule has 0 aliphatic heterocycles. The van der Waals surface area contributed by atoms with E-state index in [1.165, 1.54) is 26.9 Å². The summed E-state index contributed by atoms with van der Waals surface area (Å²) < 4.78 is 38.2. The summed E-state index contributed by atoms with van der Waals surface area (Å²) in [7, 11) is -0.487. The maximum absolute atomic E-state index is 10.6. The van der Waals surface area contributed by atoms with Crippen molar-refractivity contribution in [3.05, 3.63) is 18.7 Å². The lowest BCUT2D eigenvalue weighted by molar-refractivity contribution is -0.671. The van der Waals surface area contributed by atoms with Gasteiger partial charge in [0.15, 0.2) is 0 Å². The van der Waals surface area contributed by atoms with Crippen molar-refractivity contribution in [2.45, 2.75) is 33.2 Å². The van der Waals surface area contributed by atoms with E-state index in [4.69, 9.17) is 0 Å². The molecule has 1 rings (SSSR count). The molecule has 9 heteroatoms. The lowest BCUT2D eigenvalue weighted by Crippen LogP contribution is -2.23. The molecule has 0 atom stereocenters. The smallest absolute Gasteiger partial charge is 0.382 e. The number of unbranched alkanes of at least 4 members (excludes halogenated alkanes) is 1. The number of methoxy groups -OCH3 is 1. The monoisotopic (exact) mass is 339 g/mol. The van der Waals surface area contributed by atoms with E-state index in [0.29, 0.717) is 0 Å². The number of ether oxygens (including phenoxy) is 1. The zero-order valence-electron chi connectivity index (χ0n) is 13.7. The van der Waals surface area contributed by atoms with Crippen LogP contribution in [0.5, 0.6) is 0 Å². The summed E-state index contributed by atoms with van der Waals surface area (Å²) in [6.45, 7) is 5.18. The van der Waals surface area contributed by atoms with E-state index in [2.05, 4.69) is 52.9 Å². The predicted octanol–water partition coefficient (Wildman–Crippen LogP) is 0.975. The van der Waals surface area contributed by atoms with Crippen LogP contribution in [0.4, 0.5) is 0 Å².